The van der Waals surface area contributed by atoms with E-state index in [9.17, 15) is 4.39 Å². The third kappa shape index (κ3) is 3.17. The van der Waals surface area contributed by atoms with Crippen LogP contribution in [0.1, 0.15) is 32.4 Å². The summed E-state index contributed by atoms with van der Waals surface area (Å²) in [6.45, 7) is 6.23. The maximum Gasteiger partial charge on any atom is 0.165 e. The Kier molecular flexibility index (Phi) is 4.48. The van der Waals surface area contributed by atoms with E-state index in [1.165, 1.54) is 6.07 Å². The van der Waals surface area contributed by atoms with Gasteiger partial charge in [0.2, 0.25) is 0 Å². The number of nitrogens with two attached hydrogens (primary N) is 1. The summed E-state index contributed by atoms with van der Waals surface area (Å²) in [7, 11) is 1.84. The Morgan fingerprint density at radius 3 is 2.59 bits per heavy atom. The van der Waals surface area contributed by atoms with Crippen molar-refractivity contribution in [2.75, 3.05) is 13.7 Å². The molecule has 0 saturated heterocycles. The number of nitrogens with one attached hydrogen (secondary N) is 1. The molecule has 0 amide bonds. The van der Waals surface area contributed by atoms with E-state index in [-0.39, 0.29) is 23.1 Å². The Labute approximate surface area is 102 Å². The molecule has 1 aromatic rings. The molecule has 4 heteroatoms. The van der Waals surface area contributed by atoms with E-state index < -0.39 is 0 Å². The van der Waals surface area contributed by atoms with Crippen LogP contribution in [-0.2, 0) is 0 Å². The van der Waals surface area contributed by atoms with Gasteiger partial charge in [-0.2, -0.15) is 0 Å². The predicted molar refractivity (Wildman–Crippen MR) is 67.6 cm³/mol. The van der Waals surface area contributed by atoms with E-state index in [1.54, 1.807) is 12.1 Å². The average Bonchev–Trinajstić information content (AvgIpc) is 2.31. The number of halogens is 1. The van der Waals surface area contributed by atoms with Gasteiger partial charge in [0.15, 0.2) is 11.6 Å². The van der Waals surface area contributed by atoms with E-state index in [1.807, 2.05) is 27.8 Å². The van der Waals surface area contributed by atoms with Crippen molar-refractivity contribution >= 4 is 0 Å². The summed E-state index contributed by atoms with van der Waals surface area (Å²) < 4.78 is 18.8. The third-order valence-corrected chi connectivity index (χ3v) is 3.04. The van der Waals surface area contributed by atoms with Gasteiger partial charge in [-0.25, -0.2) is 4.39 Å². The predicted octanol–water partition coefficient (Wildman–Crippen LogP) is 2.22. The highest BCUT2D eigenvalue weighted by Gasteiger charge is 2.26. The summed E-state index contributed by atoms with van der Waals surface area (Å²) in [5, 5.41) is 3.12. The van der Waals surface area contributed by atoms with Crippen LogP contribution in [0.4, 0.5) is 4.39 Å². The van der Waals surface area contributed by atoms with Crippen LogP contribution in [0.2, 0.25) is 0 Å². The fourth-order valence-corrected chi connectivity index (χ4v) is 1.56. The second-order valence-electron chi connectivity index (χ2n) is 4.57. The van der Waals surface area contributed by atoms with Gasteiger partial charge in [-0.05, 0) is 45.5 Å². The normalized spacial score (nSPS) is 13.5. The Morgan fingerprint density at radius 2 is 2.12 bits per heavy atom. The van der Waals surface area contributed by atoms with E-state index in [2.05, 4.69) is 5.32 Å². The van der Waals surface area contributed by atoms with Gasteiger partial charge in [0.25, 0.3) is 0 Å². The first kappa shape index (κ1) is 13.9. The van der Waals surface area contributed by atoms with Crippen molar-refractivity contribution in [2.24, 2.45) is 5.73 Å². The highest BCUT2D eigenvalue weighted by molar-refractivity contribution is 5.32. The molecule has 0 spiro atoms. The van der Waals surface area contributed by atoms with Crippen LogP contribution in [0.5, 0.6) is 5.75 Å². The number of benzene rings is 1. The lowest BCUT2D eigenvalue weighted by Gasteiger charge is -2.31. The van der Waals surface area contributed by atoms with Crippen LogP contribution in [-0.4, -0.2) is 19.2 Å². The van der Waals surface area contributed by atoms with E-state index in [4.69, 9.17) is 10.5 Å². The van der Waals surface area contributed by atoms with Crippen LogP contribution >= 0.6 is 0 Å². The van der Waals surface area contributed by atoms with Crippen LogP contribution < -0.4 is 15.8 Å². The summed E-state index contributed by atoms with van der Waals surface area (Å²) in [6.07, 6.45) is 0. The molecule has 1 aromatic carbocycles. The second kappa shape index (κ2) is 5.47. The largest absolute Gasteiger partial charge is 0.491 e. The molecule has 0 aromatic heterocycles. The molecule has 0 aliphatic heterocycles. The quantitative estimate of drug-likeness (QED) is 0.829. The van der Waals surface area contributed by atoms with E-state index >= 15 is 0 Å². The van der Waals surface area contributed by atoms with E-state index in [0.717, 1.165) is 5.56 Å². The molecule has 0 aliphatic rings. The fraction of sp³-hybridized carbons (Fsp3) is 0.538. The van der Waals surface area contributed by atoms with E-state index in [0.29, 0.717) is 6.61 Å². The van der Waals surface area contributed by atoms with Crippen LogP contribution in [0.15, 0.2) is 18.2 Å². The monoisotopic (exact) mass is 240 g/mol. The Bertz CT molecular complexity index is 380. The van der Waals surface area contributed by atoms with Crippen molar-refractivity contribution in [1.82, 2.24) is 5.32 Å². The molecule has 3 nitrogen and oxygen atoms in total. The number of hydrogen-bond donors (Lipinski definition) is 2. The van der Waals surface area contributed by atoms with Gasteiger partial charge in [-0.1, -0.05) is 6.07 Å². The zero-order chi connectivity index (χ0) is 13.1. The smallest absolute Gasteiger partial charge is 0.165 e. The van der Waals surface area contributed by atoms with Crippen molar-refractivity contribution in [3.8, 4) is 5.75 Å². The SMILES string of the molecule is CCOc1ccc(C(N)C(C)(C)NC)cc1F. The zero-order valence-corrected chi connectivity index (χ0v) is 10.9. The Morgan fingerprint density at radius 1 is 1.47 bits per heavy atom. The minimum Gasteiger partial charge on any atom is -0.491 e. The second-order valence-corrected chi connectivity index (χ2v) is 4.57. The maximum absolute atomic E-state index is 13.7. The lowest BCUT2D eigenvalue weighted by Crippen LogP contribution is -2.46. The molecule has 3 N–H and O–H groups in total. The van der Waals surface area contributed by atoms with Gasteiger partial charge >= 0.3 is 0 Å². The highest BCUT2D eigenvalue weighted by Crippen LogP contribution is 2.26. The summed E-state index contributed by atoms with van der Waals surface area (Å²) in [5.41, 5.74) is 6.57. The summed E-state index contributed by atoms with van der Waals surface area (Å²) in [5.74, 6) is -0.0996. The standard InChI is InChI=1S/C13H21FN2O/c1-5-17-11-7-6-9(8-10(11)14)12(15)13(2,3)16-4/h6-8,12,16H,5,15H2,1-4H3. The molecule has 0 saturated carbocycles. The molecular weight excluding hydrogens is 219 g/mol. The zero-order valence-electron chi connectivity index (χ0n) is 10.9. The lowest BCUT2D eigenvalue weighted by molar-refractivity contribution is 0.319. The van der Waals surface area contributed by atoms with Crippen LogP contribution in [0, 0.1) is 5.82 Å². The van der Waals surface area contributed by atoms with Crippen LogP contribution in [0.3, 0.4) is 0 Å². The van der Waals surface area contributed by atoms with Gasteiger partial charge in [0.05, 0.1) is 6.61 Å². The molecule has 0 aliphatic carbocycles. The minimum absolute atomic E-state index is 0.269. The number of hydrogen-bond acceptors (Lipinski definition) is 3. The number of likely N-dealkylation sites (N-methyl/N-ethyl adjacent to an activating group) is 1. The highest BCUT2D eigenvalue weighted by atomic mass is 19.1. The Balaban J connectivity index is 2.97. The number of rotatable bonds is 5. The maximum atomic E-state index is 13.7. The molecule has 96 valence electrons. The molecule has 0 bridgehead atoms. The van der Waals surface area contributed by atoms with Crippen molar-refractivity contribution in [3.63, 3.8) is 0 Å². The lowest BCUT2D eigenvalue weighted by atomic mass is 9.89. The average molecular weight is 240 g/mol. The van der Waals surface area contributed by atoms with Gasteiger partial charge in [0.1, 0.15) is 0 Å². The molecule has 1 unspecified atom stereocenters. The van der Waals surface area contributed by atoms with Gasteiger partial charge in [0, 0.05) is 11.6 Å². The third-order valence-electron chi connectivity index (χ3n) is 3.04. The molecular formula is C13H21FN2O. The van der Waals surface area contributed by atoms with Gasteiger partial charge in [-0.15, -0.1) is 0 Å². The first-order valence-corrected chi connectivity index (χ1v) is 5.79. The number of ether oxygens (including phenoxy) is 1. The van der Waals surface area contributed by atoms with Crippen molar-refractivity contribution in [1.29, 1.82) is 0 Å². The molecule has 1 rings (SSSR count). The summed E-state index contributed by atoms with van der Waals surface area (Å²) >= 11 is 0. The molecule has 0 radical (unpaired) electrons. The topological polar surface area (TPSA) is 47.3 Å². The first-order chi connectivity index (χ1) is 7.92. The first-order valence-electron chi connectivity index (χ1n) is 5.79. The Hall–Kier alpha value is -1.13. The summed E-state index contributed by atoms with van der Waals surface area (Å²) in [4.78, 5) is 0. The van der Waals surface area contributed by atoms with Crippen LogP contribution in [0.25, 0.3) is 0 Å². The summed E-state index contributed by atoms with van der Waals surface area (Å²) in [6, 6.07) is 4.59. The van der Waals surface area contributed by atoms with Crippen molar-refractivity contribution < 1.29 is 9.13 Å². The van der Waals surface area contributed by atoms with Gasteiger partial charge in [-0.3, -0.25) is 0 Å². The van der Waals surface area contributed by atoms with Gasteiger partial charge < -0.3 is 15.8 Å². The fourth-order valence-electron chi connectivity index (χ4n) is 1.56. The molecule has 0 heterocycles. The van der Waals surface area contributed by atoms with Crippen molar-refractivity contribution in [2.45, 2.75) is 32.4 Å². The molecule has 17 heavy (non-hydrogen) atoms. The minimum atomic E-state index is -0.369. The molecule has 1 atom stereocenters. The van der Waals surface area contributed by atoms with Crippen molar-refractivity contribution in [3.05, 3.63) is 29.6 Å². The molecule has 0 fully saturated rings.